The molecule has 0 aliphatic heterocycles. The number of likely N-dealkylation sites (N-methyl/N-ethyl adjacent to an activating group) is 1. The molecule has 120 valence electrons. The summed E-state index contributed by atoms with van der Waals surface area (Å²) in [5.74, 6) is 0. The average molecular weight is 292 g/mol. The molecule has 1 aromatic carbocycles. The van der Waals surface area contributed by atoms with Gasteiger partial charge in [0.05, 0.1) is 6.61 Å². The van der Waals surface area contributed by atoms with Crippen LogP contribution < -0.4 is 5.73 Å². The number of benzene rings is 1. The van der Waals surface area contributed by atoms with Crippen LogP contribution in [0.4, 0.5) is 0 Å². The van der Waals surface area contributed by atoms with E-state index in [-0.39, 0.29) is 11.5 Å². The lowest BCUT2D eigenvalue weighted by molar-refractivity contribution is 0.0980. The summed E-state index contributed by atoms with van der Waals surface area (Å²) < 4.78 is 5.48. The van der Waals surface area contributed by atoms with E-state index in [4.69, 9.17) is 10.5 Å². The Bertz CT molecular complexity index is 395. The highest BCUT2D eigenvalue weighted by atomic mass is 16.5. The lowest BCUT2D eigenvalue weighted by Gasteiger charge is -2.30. The fourth-order valence-electron chi connectivity index (χ4n) is 2.56. The molecule has 0 spiro atoms. The van der Waals surface area contributed by atoms with E-state index in [1.807, 2.05) is 6.92 Å². The van der Waals surface area contributed by atoms with Gasteiger partial charge in [0.15, 0.2) is 0 Å². The molecule has 1 atom stereocenters. The molecule has 0 radical (unpaired) electrons. The summed E-state index contributed by atoms with van der Waals surface area (Å²) >= 11 is 0. The van der Waals surface area contributed by atoms with Crippen LogP contribution in [-0.2, 0) is 10.2 Å². The van der Waals surface area contributed by atoms with E-state index in [2.05, 4.69) is 56.9 Å². The smallest absolute Gasteiger partial charge is 0.0593 e. The first kappa shape index (κ1) is 18.1. The van der Waals surface area contributed by atoms with Crippen LogP contribution in [-0.4, -0.2) is 37.7 Å². The molecular formula is C18H32N2O. The average Bonchev–Trinajstić information content (AvgIpc) is 2.46. The molecule has 21 heavy (non-hydrogen) atoms. The summed E-state index contributed by atoms with van der Waals surface area (Å²) in [5, 5.41) is 0. The fraction of sp³-hybridized carbons (Fsp3) is 0.667. The second-order valence-electron chi connectivity index (χ2n) is 6.45. The standard InChI is InChI=1S/C18H32N2O/c1-6-20(12-13-21-7-2)17(14-19)15-8-10-16(11-9-15)18(3,4)5/h8-11,17H,6-7,12-14,19H2,1-5H3. The largest absolute Gasteiger partial charge is 0.380 e. The first-order chi connectivity index (χ1) is 9.93. The van der Waals surface area contributed by atoms with Crippen LogP contribution in [0.5, 0.6) is 0 Å². The van der Waals surface area contributed by atoms with Crippen molar-refractivity contribution in [3.05, 3.63) is 35.4 Å². The molecule has 3 nitrogen and oxygen atoms in total. The van der Waals surface area contributed by atoms with Gasteiger partial charge >= 0.3 is 0 Å². The first-order valence-corrected chi connectivity index (χ1v) is 8.06. The van der Waals surface area contributed by atoms with Crippen LogP contribution >= 0.6 is 0 Å². The van der Waals surface area contributed by atoms with Crippen molar-refractivity contribution >= 4 is 0 Å². The Morgan fingerprint density at radius 1 is 1.14 bits per heavy atom. The highest BCUT2D eigenvalue weighted by Gasteiger charge is 2.19. The zero-order chi connectivity index (χ0) is 15.9. The van der Waals surface area contributed by atoms with Crippen molar-refractivity contribution in [3.63, 3.8) is 0 Å². The zero-order valence-electron chi connectivity index (χ0n) is 14.4. The molecule has 0 fully saturated rings. The molecule has 0 saturated heterocycles. The maximum atomic E-state index is 6.03. The molecule has 0 bridgehead atoms. The molecule has 0 heterocycles. The van der Waals surface area contributed by atoms with Crippen LogP contribution in [0.1, 0.15) is 51.8 Å². The van der Waals surface area contributed by atoms with Gasteiger partial charge < -0.3 is 10.5 Å². The van der Waals surface area contributed by atoms with Crippen molar-refractivity contribution in [2.24, 2.45) is 5.73 Å². The predicted molar refractivity (Wildman–Crippen MR) is 90.7 cm³/mol. The van der Waals surface area contributed by atoms with Gasteiger partial charge in [-0.25, -0.2) is 0 Å². The third kappa shape index (κ3) is 5.42. The predicted octanol–water partition coefficient (Wildman–Crippen LogP) is 3.34. The van der Waals surface area contributed by atoms with Crippen molar-refractivity contribution in [2.75, 3.05) is 32.8 Å². The Kier molecular flexibility index (Phi) is 7.36. The van der Waals surface area contributed by atoms with E-state index < -0.39 is 0 Å². The molecule has 0 aliphatic carbocycles. The molecule has 1 unspecified atom stereocenters. The minimum absolute atomic E-state index is 0.191. The van der Waals surface area contributed by atoms with Crippen molar-refractivity contribution in [1.82, 2.24) is 4.90 Å². The normalized spacial score (nSPS) is 13.7. The van der Waals surface area contributed by atoms with Crippen molar-refractivity contribution < 1.29 is 4.74 Å². The lowest BCUT2D eigenvalue weighted by Crippen LogP contribution is -2.36. The highest BCUT2D eigenvalue weighted by Crippen LogP contribution is 2.25. The number of ether oxygens (including phenoxy) is 1. The molecular weight excluding hydrogens is 260 g/mol. The van der Waals surface area contributed by atoms with Gasteiger partial charge in [-0.3, -0.25) is 4.90 Å². The van der Waals surface area contributed by atoms with E-state index in [0.717, 1.165) is 26.3 Å². The second-order valence-corrected chi connectivity index (χ2v) is 6.45. The first-order valence-electron chi connectivity index (χ1n) is 8.06. The Hall–Kier alpha value is -0.900. The second kappa shape index (κ2) is 8.52. The summed E-state index contributed by atoms with van der Waals surface area (Å²) in [6.07, 6.45) is 0. The van der Waals surface area contributed by atoms with E-state index in [1.54, 1.807) is 0 Å². The van der Waals surface area contributed by atoms with Gasteiger partial charge in [-0.05, 0) is 30.0 Å². The highest BCUT2D eigenvalue weighted by molar-refractivity contribution is 5.29. The Balaban J connectivity index is 2.82. The third-order valence-electron chi connectivity index (χ3n) is 3.96. The SMILES string of the molecule is CCOCCN(CC)C(CN)c1ccc(C(C)(C)C)cc1. The summed E-state index contributed by atoms with van der Waals surface area (Å²) in [4.78, 5) is 2.39. The maximum Gasteiger partial charge on any atom is 0.0593 e. The molecule has 1 aromatic rings. The summed E-state index contributed by atoms with van der Waals surface area (Å²) in [6, 6.07) is 9.18. The van der Waals surface area contributed by atoms with Crippen LogP contribution in [0.3, 0.4) is 0 Å². The van der Waals surface area contributed by atoms with E-state index >= 15 is 0 Å². The minimum atomic E-state index is 0.191. The van der Waals surface area contributed by atoms with Gasteiger partial charge in [0.25, 0.3) is 0 Å². The van der Waals surface area contributed by atoms with Crippen molar-refractivity contribution in [2.45, 2.75) is 46.1 Å². The zero-order valence-corrected chi connectivity index (χ0v) is 14.4. The maximum absolute atomic E-state index is 6.03. The van der Waals surface area contributed by atoms with Gasteiger partial charge in [0, 0.05) is 25.7 Å². The minimum Gasteiger partial charge on any atom is -0.380 e. The van der Waals surface area contributed by atoms with Gasteiger partial charge in [-0.1, -0.05) is 52.0 Å². The number of hydrogen-bond acceptors (Lipinski definition) is 3. The van der Waals surface area contributed by atoms with Gasteiger partial charge in [-0.2, -0.15) is 0 Å². The Labute approximate surface area is 130 Å². The molecule has 0 saturated carbocycles. The van der Waals surface area contributed by atoms with Crippen LogP contribution in [0.15, 0.2) is 24.3 Å². The number of nitrogens with two attached hydrogens (primary N) is 1. The van der Waals surface area contributed by atoms with Crippen molar-refractivity contribution in [1.29, 1.82) is 0 Å². The van der Waals surface area contributed by atoms with E-state index in [9.17, 15) is 0 Å². The molecule has 0 amide bonds. The van der Waals surface area contributed by atoms with Gasteiger partial charge in [-0.15, -0.1) is 0 Å². The summed E-state index contributed by atoms with van der Waals surface area (Å²) in [5.41, 5.74) is 8.87. The van der Waals surface area contributed by atoms with Gasteiger partial charge in [0.2, 0.25) is 0 Å². The Morgan fingerprint density at radius 2 is 1.76 bits per heavy atom. The van der Waals surface area contributed by atoms with Gasteiger partial charge in [0.1, 0.15) is 0 Å². The van der Waals surface area contributed by atoms with Crippen LogP contribution in [0.2, 0.25) is 0 Å². The number of nitrogens with zero attached hydrogens (tertiary/aromatic N) is 1. The molecule has 0 aliphatic rings. The van der Waals surface area contributed by atoms with Crippen LogP contribution in [0.25, 0.3) is 0 Å². The van der Waals surface area contributed by atoms with Crippen molar-refractivity contribution in [3.8, 4) is 0 Å². The topological polar surface area (TPSA) is 38.5 Å². The number of rotatable bonds is 8. The van der Waals surface area contributed by atoms with E-state index in [1.165, 1.54) is 11.1 Å². The molecule has 0 aromatic heterocycles. The Morgan fingerprint density at radius 3 is 2.19 bits per heavy atom. The summed E-state index contributed by atoms with van der Waals surface area (Å²) in [6.45, 7) is 15.0. The van der Waals surface area contributed by atoms with E-state index in [0.29, 0.717) is 6.54 Å². The molecule has 1 rings (SSSR count). The lowest BCUT2D eigenvalue weighted by atomic mass is 9.86. The molecule has 3 heteroatoms. The van der Waals surface area contributed by atoms with Crippen LogP contribution in [0, 0.1) is 0 Å². The molecule has 2 N–H and O–H groups in total. The quantitative estimate of drug-likeness (QED) is 0.747. The summed E-state index contributed by atoms with van der Waals surface area (Å²) in [7, 11) is 0. The third-order valence-corrected chi connectivity index (χ3v) is 3.96. The number of hydrogen-bond donors (Lipinski definition) is 1. The monoisotopic (exact) mass is 292 g/mol. The fourth-order valence-corrected chi connectivity index (χ4v) is 2.56.